The van der Waals surface area contributed by atoms with Crippen LogP contribution < -0.4 is 21.3 Å². The predicted octanol–water partition coefficient (Wildman–Crippen LogP) is 9.11. The highest BCUT2D eigenvalue weighted by molar-refractivity contribution is 6.98. The molecule has 1 heterocycles. The van der Waals surface area contributed by atoms with E-state index in [-0.39, 0.29) is 12.1 Å². The molecule has 1 aliphatic heterocycles. The lowest BCUT2D eigenvalue weighted by molar-refractivity contribution is 0.591. The van der Waals surface area contributed by atoms with Crippen molar-refractivity contribution in [3.8, 4) is 0 Å². The first kappa shape index (κ1) is 26.1. The Hall–Kier alpha value is -4.56. The molecule has 2 heteroatoms. The number of rotatable bonds is 2. The van der Waals surface area contributed by atoms with Crippen LogP contribution in [0, 0.1) is 20.8 Å². The summed E-state index contributed by atoms with van der Waals surface area (Å²) in [5, 5.41) is 8.02. The molecule has 0 aromatic heterocycles. The highest BCUT2D eigenvalue weighted by atomic mass is 15.2. The largest absolute Gasteiger partial charge is 0.311 e. The van der Waals surface area contributed by atoms with Gasteiger partial charge in [-0.2, -0.15) is 0 Å². The van der Waals surface area contributed by atoms with Crippen molar-refractivity contribution in [3.63, 3.8) is 0 Å². The van der Waals surface area contributed by atoms with E-state index in [1.165, 1.54) is 88.0 Å². The van der Waals surface area contributed by atoms with Crippen LogP contribution in [0.15, 0.2) is 109 Å². The average Bonchev–Trinajstić information content (AvgIpc) is 2.98. The number of benzene rings is 7. The Morgan fingerprint density at radius 2 is 1.19 bits per heavy atom. The Morgan fingerprint density at radius 3 is 1.86 bits per heavy atom. The first-order chi connectivity index (χ1) is 20.7. The molecular weight excluding hydrogens is 517 g/mol. The molecule has 208 valence electrons. The lowest BCUT2D eigenvalue weighted by atomic mass is 9.33. The molecule has 7 aromatic carbocycles. The minimum absolute atomic E-state index is 0.0917. The van der Waals surface area contributed by atoms with Crippen LogP contribution in [-0.4, -0.2) is 6.71 Å². The fraction of sp³-hybridized carbons (Fsp3) is 0.171. The van der Waals surface area contributed by atoms with Gasteiger partial charge in [-0.3, -0.25) is 0 Å². The van der Waals surface area contributed by atoms with Crippen molar-refractivity contribution in [2.75, 3.05) is 4.90 Å². The second-order valence-electron chi connectivity index (χ2n) is 13.6. The maximum Gasteiger partial charge on any atom is 0.247 e. The lowest BCUT2D eigenvalue weighted by Gasteiger charge is -2.39. The number of para-hydroxylation sites is 2. The van der Waals surface area contributed by atoms with Crippen molar-refractivity contribution in [3.05, 3.63) is 131 Å². The van der Waals surface area contributed by atoms with Crippen LogP contribution in [0.5, 0.6) is 0 Å². The Labute approximate surface area is 255 Å². The standard InChI is InChI=1S/C41H36BN/c1-25-20-26(2)39(27(3)21-25)42-34-14-10-11-15-36(34)43(32-12-8-7-9-13-32)40-33-19-18-29-23-31(41(4,5)6)22-28-16-17-30(24-35(40)42)38(33)37(28)29/h7-24H,1-6H3. The minimum atomic E-state index is 0.0917. The van der Waals surface area contributed by atoms with Crippen molar-refractivity contribution in [2.24, 2.45) is 0 Å². The van der Waals surface area contributed by atoms with Crippen molar-refractivity contribution in [1.29, 1.82) is 0 Å². The first-order valence-corrected chi connectivity index (χ1v) is 15.5. The van der Waals surface area contributed by atoms with Crippen LogP contribution in [0.1, 0.15) is 43.0 Å². The summed E-state index contributed by atoms with van der Waals surface area (Å²) in [4.78, 5) is 2.52. The van der Waals surface area contributed by atoms with E-state index >= 15 is 0 Å². The Bertz CT molecular complexity index is 2160. The van der Waals surface area contributed by atoms with Crippen molar-refractivity contribution >= 4 is 72.5 Å². The molecule has 0 atom stereocenters. The molecule has 0 bridgehead atoms. The van der Waals surface area contributed by atoms with E-state index in [0.717, 1.165) is 0 Å². The number of hydrogen-bond donors (Lipinski definition) is 0. The normalized spacial score (nSPS) is 13.3. The van der Waals surface area contributed by atoms with Gasteiger partial charge < -0.3 is 4.90 Å². The second kappa shape index (κ2) is 9.22. The summed E-state index contributed by atoms with van der Waals surface area (Å²) in [5.41, 5.74) is 13.4. The fourth-order valence-electron chi connectivity index (χ4n) is 7.83. The van der Waals surface area contributed by atoms with Gasteiger partial charge in [0.2, 0.25) is 6.71 Å². The minimum Gasteiger partial charge on any atom is -0.311 e. The van der Waals surface area contributed by atoms with Crippen LogP contribution in [0.2, 0.25) is 0 Å². The molecule has 0 amide bonds. The smallest absolute Gasteiger partial charge is 0.247 e. The monoisotopic (exact) mass is 553 g/mol. The summed E-state index contributed by atoms with van der Waals surface area (Å²) in [6, 6.07) is 41.4. The molecule has 7 aromatic rings. The van der Waals surface area contributed by atoms with Gasteiger partial charge in [-0.25, -0.2) is 0 Å². The third-order valence-corrected chi connectivity index (χ3v) is 9.65. The van der Waals surface area contributed by atoms with Crippen LogP contribution in [-0.2, 0) is 5.41 Å². The number of anilines is 3. The summed E-state index contributed by atoms with van der Waals surface area (Å²) in [7, 11) is 0. The van der Waals surface area contributed by atoms with Crippen LogP contribution in [0.25, 0.3) is 32.3 Å². The molecule has 0 aliphatic carbocycles. The van der Waals surface area contributed by atoms with E-state index in [1.54, 1.807) is 0 Å². The molecule has 1 nitrogen and oxygen atoms in total. The zero-order valence-corrected chi connectivity index (χ0v) is 25.9. The topological polar surface area (TPSA) is 3.24 Å². The van der Waals surface area contributed by atoms with Crippen molar-refractivity contribution in [2.45, 2.75) is 47.0 Å². The summed E-state index contributed by atoms with van der Waals surface area (Å²) in [5.74, 6) is 0. The van der Waals surface area contributed by atoms with Gasteiger partial charge >= 0.3 is 0 Å². The fourth-order valence-corrected chi connectivity index (χ4v) is 7.83. The molecule has 43 heavy (non-hydrogen) atoms. The van der Waals surface area contributed by atoms with E-state index in [0.29, 0.717) is 0 Å². The quantitative estimate of drug-likeness (QED) is 0.152. The summed E-state index contributed by atoms with van der Waals surface area (Å²) < 4.78 is 0. The highest BCUT2D eigenvalue weighted by Gasteiger charge is 2.38. The third-order valence-electron chi connectivity index (χ3n) is 9.65. The Morgan fingerprint density at radius 1 is 0.581 bits per heavy atom. The number of aryl methyl sites for hydroxylation is 3. The van der Waals surface area contributed by atoms with Gasteiger partial charge in [-0.1, -0.05) is 134 Å². The average molecular weight is 554 g/mol. The number of fused-ring (bicyclic) bond motifs is 3. The van der Waals surface area contributed by atoms with Crippen molar-refractivity contribution in [1.82, 2.24) is 0 Å². The van der Waals surface area contributed by atoms with E-state index < -0.39 is 0 Å². The summed E-state index contributed by atoms with van der Waals surface area (Å²) in [6.45, 7) is 13.8. The van der Waals surface area contributed by atoms with Crippen LogP contribution >= 0.6 is 0 Å². The lowest BCUT2D eigenvalue weighted by Crippen LogP contribution is -2.58. The maximum absolute atomic E-state index is 2.52. The number of nitrogens with zero attached hydrogens (tertiary/aromatic N) is 1. The van der Waals surface area contributed by atoms with E-state index in [9.17, 15) is 0 Å². The first-order valence-electron chi connectivity index (χ1n) is 15.5. The highest BCUT2D eigenvalue weighted by Crippen LogP contribution is 2.45. The van der Waals surface area contributed by atoms with E-state index in [4.69, 9.17) is 0 Å². The van der Waals surface area contributed by atoms with Crippen LogP contribution in [0.3, 0.4) is 0 Å². The molecule has 0 saturated heterocycles. The molecular formula is C41H36BN. The van der Waals surface area contributed by atoms with Gasteiger partial charge in [0.25, 0.3) is 0 Å². The molecule has 0 N–H and O–H groups in total. The zero-order chi connectivity index (χ0) is 29.6. The molecule has 0 saturated carbocycles. The van der Waals surface area contributed by atoms with Gasteiger partial charge in [-0.05, 0) is 87.8 Å². The van der Waals surface area contributed by atoms with Crippen LogP contribution in [0.4, 0.5) is 17.1 Å². The maximum atomic E-state index is 2.52. The zero-order valence-electron chi connectivity index (χ0n) is 25.9. The van der Waals surface area contributed by atoms with E-state index in [1.807, 2.05) is 0 Å². The van der Waals surface area contributed by atoms with Gasteiger partial charge in [0.15, 0.2) is 0 Å². The molecule has 8 rings (SSSR count). The molecule has 0 spiro atoms. The third kappa shape index (κ3) is 3.86. The Balaban J connectivity index is 1.54. The Kier molecular flexibility index (Phi) is 5.60. The molecule has 1 aliphatic rings. The SMILES string of the molecule is Cc1cc(C)c(B2c3ccccc3N(c3ccccc3)c3c2cc2ccc4cc(C(C)(C)C)cc5ccc3c2c45)c(C)c1. The summed E-state index contributed by atoms with van der Waals surface area (Å²) in [6.07, 6.45) is 0. The van der Waals surface area contributed by atoms with Gasteiger partial charge in [0.05, 0.1) is 0 Å². The molecule has 0 radical (unpaired) electrons. The second-order valence-corrected chi connectivity index (χ2v) is 13.6. The molecule has 0 fully saturated rings. The number of hydrogen-bond acceptors (Lipinski definition) is 1. The van der Waals surface area contributed by atoms with Crippen molar-refractivity contribution < 1.29 is 0 Å². The predicted molar refractivity (Wildman–Crippen MR) is 189 cm³/mol. The summed E-state index contributed by atoms with van der Waals surface area (Å²) >= 11 is 0. The van der Waals surface area contributed by atoms with Gasteiger partial charge in [0.1, 0.15) is 0 Å². The molecule has 0 unspecified atom stereocenters. The van der Waals surface area contributed by atoms with Gasteiger partial charge in [-0.15, -0.1) is 0 Å². The van der Waals surface area contributed by atoms with E-state index in [2.05, 4.69) is 156 Å². The van der Waals surface area contributed by atoms with Gasteiger partial charge in [0, 0.05) is 22.4 Å².